The molecule has 4 rings (SSSR count). The number of nitrogens with zero attached hydrogens (tertiary/aromatic N) is 2. The van der Waals surface area contributed by atoms with Crippen LogP contribution in [0.2, 0.25) is 0 Å². The molecule has 0 spiro atoms. The standard InChI is InChI=1S/C25H22N4O3/c1-17-22(25(31)27-26-24(30)19-12-9-15-21(16-19)32-2)23(18-10-5-3-6-11-18)28-29(17)20-13-7-4-8-14-20/h3-16H,1-2H3,(H,26,30)(H,27,31). The second-order valence-electron chi connectivity index (χ2n) is 7.06. The number of para-hydroxylation sites is 1. The lowest BCUT2D eigenvalue weighted by atomic mass is 10.1. The van der Waals surface area contributed by atoms with E-state index in [1.54, 1.807) is 28.9 Å². The Balaban J connectivity index is 1.65. The van der Waals surface area contributed by atoms with Gasteiger partial charge in [0, 0.05) is 11.1 Å². The first-order valence-electron chi connectivity index (χ1n) is 10.0. The molecule has 3 aromatic carbocycles. The Hall–Kier alpha value is -4.39. The van der Waals surface area contributed by atoms with Gasteiger partial charge in [-0.3, -0.25) is 20.4 Å². The van der Waals surface area contributed by atoms with E-state index in [0.29, 0.717) is 28.3 Å². The van der Waals surface area contributed by atoms with Gasteiger partial charge in [0.05, 0.1) is 24.1 Å². The van der Waals surface area contributed by atoms with Crippen molar-refractivity contribution in [2.24, 2.45) is 0 Å². The highest BCUT2D eigenvalue weighted by molar-refractivity contribution is 6.03. The van der Waals surface area contributed by atoms with Crippen molar-refractivity contribution in [1.82, 2.24) is 20.6 Å². The average molecular weight is 426 g/mol. The van der Waals surface area contributed by atoms with Crippen molar-refractivity contribution in [2.75, 3.05) is 7.11 Å². The predicted octanol–water partition coefficient (Wildman–Crippen LogP) is 3.93. The van der Waals surface area contributed by atoms with Gasteiger partial charge in [0.25, 0.3) is 11.8 Å². The summed E-state index contributed by atoms with van der Waals surface area (Å²) in [7, 11) is 1.52. The van der Waals surface area contributed by atoms with Crippen LogP contribution >= 0.6 is 0 Å². The molecule has 0 fully saturated rings. The summed E-state index contributed by atoms with van der Waals surface area (Å²) < 4.78 is 6.87. The third-order valence-corrected chi connectivity index (χ3v) is 5.01. The van der Waals surface area contributed by atoms with Crippen LogP contribution in [0.15, 0.2) is 84.9 Å². The molecule has 0 radical (unpaired) electrons. The number of aromatic nitrogens is 2. The second kappa shape index (κ2) is 9.18. The van der Waals surface area contributed by atoms with Gasteiger partial charge in [0.15, 0.2) is 0 Å². The van der Waals surface area contributed by atoms with Crippen molar-refractivity contribution < 1.29 is 14.3 Å². The molecule has 2 N–H and O–H groups in total. The topological polar surface area (TPSA) is 85.2 Å². The summed E-state index contributed by atoms with van der Waals surface area (Å²) >= 11 is 0. The Morgan fingerprint density at radius 2 is 1.50 bits per heavy atom. The molecule has 0 unspecified atom stereocenters. The van der Waals surface area contributed by atoms with Gasteiger partial charge in [-0.15, -0.1) is 0 Å². The van der Waals surface area contributed by atoms with Gasteiger partial charge in [-0.1, -0.05) is 54.6 Å². The third kappa shape index (κ3) is 4.22. The Morgan fingerprint density at radius 3 is 2.19 bits per heavy atom. The van der Waals surface area contributed by atoms with E-state index in [1.807, 2.05) is 67.6 Å². The number of ether oxygens (including phenoxy) is 1. The van der Waals surface area contributed by atoms with E-state index < -0.39 is 11.8 Å². The number of hydrogen-bond acceptors (Lipinski definition) is 4. The highest BCUT2D eigenvalue weighted by Crippen LogP contribution is 2.27. The first-order chi connectivity index (χ1) is 15.6. The molecule has 7 nitrogen and oxygen atoms in total. The molecule has 0 saturated heterocycles. The highest BCUT2D eigenvalue weighted by Gasteiger charge is 2.23. The number of rotatable bonds is 5. The number of carbonyl (C=O) groups excluding carboxylic acids is 2. The molecule has 0 aliphatic carbocycles. The predicted molar refractivity (Wildman–Crippen MR) is 122 cm³/mol. The maximum absolute atomic E-state index is 13.2. The Labute approximate surface area is 185 Å². The van der Waals surface area contributed by atoms with Crippen LogP contribution in [0.3, 0.4) is 0 Å². The molecule has 0 saturated carbocycles. The van der Waals surface area contributed by atoms with Crippen LogP contribution in [0, 0.1) is 6.92 Å². The fourth-order valence-electron chi connectivity index (χ4n) is 3.41. The number of benzene rings is 3. The van der Waals surface area contributed by atoms with Crippen molar-refractivity contribution in [3.8, 4) is 22.7 Å². The van der Waals surface area contributed by atoms with Crippen molar-refractivity contribution in [3.05, 3.63) is 102 Å². The van der Waals surface area contributed by atoms with Crippen LogP contribution in [0.4, 0.5) is 0 Å². The van der Waals surface area contributed by atoms with Crippen LogP contribution in [-0.4, -0.2) is 28.7 Å². The van der Waals surface area contributed by atoms with Gasteiger partial charge in [-0.2, -0.15) is 5.10 Å². The lowest BCUT2D eigenvalue weighted by Gasteiger charge is -2.09. The first kappa shape index (κ1) is 20.9. The molecular weight excluding hydrogens is 404 g/mol. The molecule has 32 heavy (non-hydrogen) atoms. The van der Waals surface area contributed by atoms with E-state index >= 15 is 0 Å². The van der Waals surface area contributed by atoms with Crippen molar-refractivity contribution in [1.29, 1.82) is 0 Å². The van der Waals surface area contributed by atoms with Gasteiger partial charge < -0.3 is 4.74 Å². The third-order valence-electron chi connectivity index (χ3n) is 5.01. The fourth-order valence-corrected chi connectivity index (χ4v) is 3.41. The normalized spacial score (nSPS) is 10.4. The summed E-state index contributed by atoms with van der Waals surface area (Å²) in [5, 5.41) is 4.71. The highest BCUT2D eigenvalue weighted by atomic mass is 16.5. The summed E-state index contributed by atoms with van der Waals surface area (Å²) in [6, 6.07) is 25.7. The quantitative estimate of drug-likeness (QED) is 0.474. The number of nitrogens with one attached hydrogen (secondary N) is 2. The van der Waals surface area contributed by atoms with Crippen LogP contribution in [0.1, 0.15) is 26.4 Å². The molecule has 0 aliphatic heterocycles. The maximum Gasteiger partial charge on any atom is 0.273 e. The molecule has 1 aromatic heterocycles. The molecule has 1 heterocycles. The monoisotopic (exact) mass is 426 g/mol. The lowest BCUT2D eigenvalue weighted by molar-refractivity contribution is 0.0846. The zero-order valence-corrected chi connectivity index (χ0v) is 17.7. The Kier molecular flexibility index (Phi) is 5.98. The Bertz CT molecular complexity index is 1250. The Morgan fingerprint density at radius 1 is 0.844 bits per heavy atom. The molecular formula is C25H22N4O3. The summed E-state index contributed by atoms with van der Waals surface area (Å²) in [6.45, 7) is 1.82. The van der Waals surface area contributed by atoms with Crippen molar-refractivity contribution in [2.45, 2.75) is 6.92 Å². The zero-order chi connectivity index (χ0) is 22.5. The van der Waals surface area contributed by atoms with Gasteiger partial charge in [-0.25, -0.2) is 4.68 Å². The lowest BCUT2D eigenvalue weighted by Crippen LogP contribution is -2.42. The number of hydrogen-bond donors (Lipinski definition) is 2. The molecule has 2 amide bonds. The minimum atomic E-state index is -0.459. The van der Waals surface area contributed by atoms with E-state index in [4.69, 9.17) is 9.84 Å². The fraction of sp³-hybridized carbons (Fsp3) is 0.0800. The first-order valence-corrected chi connectivity index (χ1v) is 10.0. The van der Waals surface area contributed by atoms with Crippen LogP contribution in [0.25, 0.3) is 16.9 Å². The van der Waals surface area contributed by atoms with Crippen molar-refractivity contribution >= 4 is 11.8 Å². The van der Waals surface area contributed by atoms with Crippen molar-refractivity contribution in [3.63, 3.8) is 0 Å². The summed E-state index contributed by atoms with van der Waals surface area (Å²) in [5.74, 6) is -0.360. The van der Waals surface area contributed by atoms with E-state index in [9.17, 15) is 9.59 Å². The zero-order valence-electron chi connectivity index (χ0n) is 17.7. The smallest absolute Gasteiger partial charge is 0.273 e. The molecule has 160 valence electrons. The average Bonchev–Trinajstić information content (AvgIpc) is 3.20. The number of hydrazine groups is 1. The summed E-state index contributed by atoms with van der Waals surface area (Å²) in [5.41, 5.74) is 8.56. The van der Waals surface area contributed by atoms with Crippen LogP contribution in [-0.2, 0) is 0 Å². The number of methoxy groups -OCH3 is 1. The van der Waals surface area contributed by atoms with Gasteiger partial charge in [0.2, 0.25) is 0 Å². The maximum atomic E-state index is 13.2. The van der Waals surface area contributed by atoms with E-state index in [1.165, 1.54) is 7.11 Å². The van der Waals surface area contributed by atoms with Crippen LogP contribution < -0.4 is 15.6 Å². The SMILES string of the molecule is COc1cccc(C(=O)NNC(=O)c2c(-c3ccccc3)nn(-c3ccccc3)c2C)c1. The van der Waals surface area contributed by atoms with E-state index in [0.717, 1.165) is 11.3 Å². The molecule has 0 bridgehead atoms. The summed E-state index contributed by atoms with van der Waals surface area (Å²) in [6.07, 6.45) is 0. The molecule has 0 aliphatic rings. The molecule has 7 heteroatoms. The van der Waals surface area contributed by atoms with E-state index in [2.05, 4.69) is 10.9 Å². The summed E-state index contributed by atoms with van der Waals surface area (Å²) in [4.78, 5) is 25.7. The molecule has 4 aromatic rings. The van der Waals surface area contributed by atoms with Gasteiger partial charge in [0.1, 0.15) is 11.4 Å². The minimum absolute atomic E-state index is 0.365. The largest absolute Gasteiger partial charge is 0.497 e. The number of amides is 2. The van der Waals surface area contributed by atoms with Gasteiger partial charge in [-0.05, 0) is 37.3 Å². The molecule has 0 atom stereocenters. The second-order valence-corrected chi connectivity index (χ2v) is 7.06. The minimum Gasteiger partial charge on any atom is -0.497 e. The number of carbonyl (C=O) groups is 2. The van der Waals surface area contributed by atoms with Gasteiger partial charge >= 0.3 is 0 Å². The van der Waals surface area contributed by atoms with E-state index in [-0.39, 0.29) is 0 Å². The van der Waals surface area contributed by atoms with Crippen LogP contribution in [0.5, 0.6) is 5.75 Å².